The van der Waals surface area contributed by atoms with E-state index >= 15 is 0 Å². The van der Waals surface area contributed by atoms with Crippen molar-refractivity contribution in [3.63, 3.8) is 0 Å². The van der Waals surface area contributed by atoms with Gasteiger partial charge >= 0.3 is 0 Å². The maximum Gasteiger partial charge on any atom is 0.295 e. The van der Waals surface area contributed by atoms with Crippen LogP contribution in [0, 0.1) is 0 Å². The van der Waals surface area contributed by atoms with Crippen molar-refractivity contribution >= 4 is 5.91 Å². The maximum absolute atomic E-state index is 12.0. The van der Waals surface area contributed by atoms with E-state index < -0.39 is 0 Å². The summed E-state index contributed by atoms with van der Waals surface area (Å²) in [6.45, 7) is 3.78. The first-order valence-electron chi connectivity index (χ1n) is 6.48. The van der Waals surface area contributed by atoms with Gasteiger partial charge in [-0.15, -0.1) is 10.2 Å². The van der Waals surface area contributed by atoms with Gasteiger partial charge in [-0.05, 0) is 17.3 Å². The van der Waals surface area contributed by atoms with Gasteiger partial charge in [-0.2, -0.15) is 5.21 Å². The van der Waals surface area contributed by atoms with Crippen molar-refractivity contribution in [1.82, 2.24) is 35.4 Å². The second-order valence-corrected chi connectivity index (χ2v) is 4.62. The van der Waals surface area contributed by atoms with Gasteiger partial charge < -0.3 is 4.90 Å². The number of nitrogens with one attached hydrogen (secondary N) is 1. The van der Waals surface area contributed by atoms with Gasteiger partial charge in [0.05, 0.1) is 5.69 Å². The van der Waals surface area contributed by atoms with Crippen LogP contribution in [0.1, 0.15) is 16.3 Å². The molecule has 0 atom stereocenters. The molecular formula is C12H15N7O. The van der Waals surface area contributed by atoms with Crippen molar-refractivity contribution in [2.24, 2.45) is 0 Å². The summed E-state index contributed by atoms with van der Waals surface area (Å²) in [5.74, 6) is -0.0422. The standard InChI is InChI=1S/C12H15N7O/c20-12(11-14-16-17-15-11)19-7-5-18(6-8-19)9-10-3-1-2-4-13-10/h1-4H,5-9H2,(H,14,15,16,17). The maximum atomic E-state index is 12.0. The Kier molecular flexibility index (Phi) is 3.64. The van der Waals surface area contributed by atoms with E-state index in [9.17, 15) is 4.79 Å². The molecule has 0 radical (unpaired) electrons. The highest BCUT2D eigenvalue weighted by Gasteiger charge is 2.24. The van der Waals surface area contributed by atoms with Crippen molar-refractivity contribution in [1.29, 1.82) is 0 Å². The average molecular weight is 273 g/mol. The van der Waals surface area contributed by atoms with E-state index in [1.54, 1.807) is 11.1 Å². The molecule has 20 heavy (non-hydrogen) atoms. The lowest BCUT2D eigenvalue weighted by Crippen LogP contribution is -2.48. The fraction of sp³-hybridized carbons (Fsp3) is 0.417. The summed E-state index contributed by atoms with van der Waals surface area (Å²) < 4.78 is 0. The topological polar surface area (TPSA) is 90.9 Å². The second-order valence-electron chi connectivity index (χ2n) is 4.62. The fourth-order valence-electron chi connectivity index (χ4n) is 2.22. The van der Waals surface area contributed by atoms with Crippen molar-refractivity contribution < 1.29 is 4.79 Å². The Labute approximate surface area is 115 Å². The number of rotatable bonds is 3. The smallest absolute Gasteiger partial charge is 0.295 e. The van der Waals surface area contributed by atoms with Crippen molar-refractivity contribution in [3.05, 3.63) is 35.9 Å². The van der Waals surface area contributed by atoms with Crippen LogP contribution in [0.5, 0.6) is 0 Å². The number of hydrogen-bond donors (Lipinski definition) is 1. The normalized spacial score (nSPS) is 16.3. The van der Waals surface area contributed by atoms with Gasteiger partial charge in [0.1, 0.15) is 0 Å². The summed E-state index contributed by atoms with van der Waals surface area (Å²) in [6.07, 6.45) is 1.80. The summed E-state index contributed by atoms with van der Waals surface area (Å²) in [5, 5.41) is 13.1. The van der Waals surface area contributed by atoms with Crippen molar-refractivity contribution in [2.75, 3.05) is 26.2 Å². The highest BCUT2D eigenvalue weighted by molar-refractivity contribution is 5.90. The predicted octanol–water partition coefficient (Wildman–Crippen LogP) is -0.447. The quantitative estimate of drug-likeness (QED) is 0.814. The van der Waals surface area contributed by atoms with Crippen LogP contribution in [0.15, 0.2) is 24.4 Å². The van der Waals surface area contributed by atoms with E-state index in [2.05, 4.69) is 30.5 Å². The molecule has 1 amide bonds. The number of carbonyl (C=O) groups excluding carboxylic acids is 1. The van der Waals surface area contributed by atoms with E-state index in [4.69, 9.17) is 0 Å². The molecule has 3 rings (SSSR count). The fourth-order valence-corrected chi connectivity index (χ4v) is 2.22. The number of H-pyrrole nitrogens is 1. The molecule has 1 N–H and O–H groups in total. The zero-order chi connectivity index (χ0) is 13.8. The number of pyridine rings is 1. The molecule has 0 spiro atoms. The highest BCUT2D eigenvalue weighted by Crippen LogP contribution is 2.08. The second kappa shape index (κ2) is 5.74. The van der Waals surface area contributed by atoms with Crippen LogP contribution >= 0.6 is 0 Å². The lowest BCUT2D eigenvalue weighted by molar-refractivity contribution is 0.0615. The molecule has 1 saturated heterocycles. The molecule has 2 aromatic rings. The Hall–Kier alpha value is -2.35. The zero-order valence-electron chi connectivity index (χ0n) is 10.9. The van der Waals surface area contributed by atoms with Crippen LogP contribution in [0.2, 0.25) is 0 Å². The van der Waals surface area contributed by atoms with Gasteiger partial charge in [0.25, 0.3) is 11.7 Å². The van der Waals surface area contributed by atoms with E-state index in [0.29, 0.717) is 13.1 Å². The third-order valence-electron chi connectivity index (χ3n) is 3.31. The summed E-state index contributed by atoms with van der Waals surface area (Å²) in [7, 11) is 0. The summed E-state index contributed by atoms with van der Waals surface area (Å²) in [4.78, 5) is 20.4. The number of aromatic nitrogens is 5. The zero-order valence-corrected chi connectivity index (χ0v) is 10.9. The largest absolute Gasteiger partial charge is 0.333 e. The molecule has 0 bridgehead atoms. The molecule has 8 nitrogen and oxygen atoms in total. The van der Waals surface area contributed by atoms with Gasteiger partial charge in [0.15, 0.2) is 0 Å². The first-order chi connectivity index (χ1) is 9.83. The van der Waals surface area contributed by atoms with E-state index in [0.717, 1.165) is 25.3 Å². The van der Waals surface area contributed by atoms with Gasteiger partial charge in [-0.3, -0.25) is 14.7 Å². The monoisotopic (exact) mass is 273 g/mol. The molecule has 0 unspecified atom stereocenters. The Morgan fingerprint density at radius 3 is 2.75 bits per heavy atom. The molecular weight excluding hydrogens is 258 g/mol. The minimum absolute atomic E-state index is 0.128. The van der Waals surface area contributed by atoms with E-state index in [1.807, 2.05) is 18.2 Å². The number of hydrogen-bond acceptors (Lipinski definition) is 6. The molecule has 0 aromatic carbocycles. The number of nitrogens with zero attached hydrogens (tertiary/aromatic N) is 6. The van der Waals surface area contributed by atoms with Crippen LogP contribution in [-0.2, 0) is 6.54 Å². The molecule has 1 aliphatic heterocycles. The molecule has 8 heteroatoms. The molecule has 1 fully saturated rings. The summed E-state index contributed by atoms with van der Waals surface area (Å²) in [6, 6.07) is 5.90. The van der Waals surface area contributed by atoms with Gasteiger partial charge in [0, 0.05) is 38.9 Å². The molecule has 104 valence electrons. The molecule has 0 aliphatic carbocycles. The average Bonchev–Trinajstić information content (AvgIpc) is 3.03. The van der Waals surface area contributed by atoms with Crippen molar-refractivity contribution in [2.45, 2.75) is 6.54 Å². The number of amides is 1. The number of piperazine rings is 1. The van der Waals surface area contributed by atoms with Gasteiger partial charge in [-0.1, -0.05) is 6.07 Å². The van der Waals surface area contributed by atoms with Crippen LogP contribution in [-0.4, -0.2) is 67.5 Å². The van der Waals surface area contributed by atoms with Crippen LogP contribution in [0.4, 0.5) is 0 Å². The van der Waals surface area contributed by atoms with E-state index in [-0.39, 0.29) is 11.7 Å². The van der Waals surface area contributed by atoms with Crippen LogP contribution < -0.4 is 0 Å². The first-order valence-corrected chi connectivity index (χ1v) is 6.48. The number of tetrazole rings is 1. The van der Waals surface area contributed by atoms with Crippen LogP contribution in [0.3, 0.4) is 0 Å². The first kappa shape index (κ1) is 12.7. The van der Waals surface area contributed by atoms with Gasteiger partial charge in [0.2, 0.25) is 0 Å². The third-order valence-corrected chi connectivity index (χ3v) is 3.31. The number of carbonyl (C=O) groups is 1. The minimum atomic E-state index is -0.170. The SMILES string of the molecule is O=C(c1nn[nH]n1)N1CCN(Cc2ccccn2)CC1. The lowest BCUT2D eigenvalue weighted by Gasteiger charge is -2.33. The van der Waals surface area contributed by atoms with E-state index in [1.165, 1.54) is 0 Å². The number of aromatic amines is 1. The Balaban J connectivity index is 1.53. The third kappa shape index (κ3) is 2.80. The van der Waals surface area contributed by atoms with Gasteiger partial charge in [-0.25, -0.2) is 0 Å². The molecule has 2 aromatic heterocycles. The minimum Gasteiger partial charge on any atom is -0.333 e. The molecule has 3 heterocycles. The Morgan fingerprint density at radius 1 is 1.25 bits per heavy atom. The Morgan fingerprint density at radius 2 is 2.10 bits per heavy atom. The lowest BCUT2D eigenvalue weighted by atomic mass is 10.2. The Bertz CT molecular complexity index is 548. The highest BCUT2D eigenvalue weighted by atomic mass is 16.2. The summed E-state index contributed by atoms with van der Waals surface area (Å²) >= 11 is 0. The predicted molar refractivity (Wildman–Crippen MR) is 69.6 cm³/mol. The van der Waals surface area contributed by atoms with Crippen LogP contribution in [0.25, 0.3) is 0 Å². The summed E-state index contributed by atoms with van der Waals surface area (Å²) in [5.41, 5.74) is 1.05. The molecule has 0 saturated carbocycles. The van der Waals surface area contributed by atoms with Crippen molar-refractivity contribution in [3.8, 4) is 0 Å². The molecule has 1 aliphatic rings.